The largest absolute Gasteiger partial charge is 0.347 e. The molecule has 2 heteroatoms. The van der Waals surface area contributed by atoms with Crippen molar-refractivity contribution in [3.05, 3.63) is 34.5 Å². The van der Waals surface area contributed by atoms with E-state index in [4.69, 9.17) is 11.6 Å². The highest BCUT2D eigenvalue weighted by Gasteiger charge is 2.16. The van der Waals surface area contributed by atoms with E-state index in [1.54, 1.807) is 0 Å². The summed E-state index contributed by atoms with van der Waals surface area (Å²) in [5.74, 6) is 0. The Morgan fingerprint density at radius 2 is 1.94 bits per heavy atom. The number of rotatable bonds is 0. The summed E-state index contributed by atoms with van der Waals surface area (Å²) < 4.78 is 2.35. The van der Waals surface area contributed by atoms with Gasteiger partial charge in [0.05, 0.1) is 0 Å². The number of aromatic nitrogens is 1. The van der Waals surface area contributed by atoms with Crippen molar-refractivity contribution in [1.29, 1.82) is 0 Å². The zero-order valence-corrected chi connectivity index (χ0v) is 10.3. The Bertz CT molecular complexity index is 539. The van der Waals surface area contributed by atoms with Gasteiger partial charge < -0.3 is 4.57 Å². The van der Waals surface area contributed by atoms with Crippen LogP contribution in [0.3, 0.4) is 0 Å². The summed E-state index contributed by atoms with van der Waals surface area (Å²) in [4.78, 5) is 0. The van der Waals surface area contributed by atoms with Gasteiger partial charge in [0, 0.05) is 28.7 Å². The molecule has 0 atom stereocenters. The fourth-order valence-corrected chi connectivity index (χ4v) is 3.09. The molecule has 3 rings (SSSR count). The quantitative estimate of drug-likeness (QED) is 0.604. The molecule has 0 fully saturated rings. The van der Waals surface area contributed by atoms with Crippen molar-refractivity contribution in [2.45, 2.75) is 32.1 Å². The van der Waals surface area contributed by atoms with Crippen molar-refractivity contribution in [1.82, 2.24) is 4.57 Å². The molecule has 1 nitrogen and oxygen atoms in total. The maximum Gasteiger partial charge on any atom is 0.0483 e. The molecule has 1 aliphatic carbocycles. The van der Waals surface area contributed by atoms with E-state index in [2.05, 4.69) is 23.7 Å². The van der Waals surface area contributed by atoms with Crippen molar-refractivity contribution < 1.29 is 0 Å². The Morgan fingerprint density at radius 3 is 2.81 bits per heavy atom. The first-order valence-electron chi connectivity index (χ1n) is 6.03. The molecule has 2 aromatic rings. The summed E-state index contributed by atoms with van der Waals surface area (Å²) >= 11 is 6.10. The van der Waals surface area contributed by atoms with Crippen LogP contribution < -0.4 is 0 Å². The molecule has 1 aliphatic rings. The molecule has 16 heavy (non-hydrogen) atoms. The second-order valence-electron chi connectivity index (χ2n) is 4.71. The molecule has 1 aromatic carbocycles. The lowest BCUT2D eigenvalue weighted by Crippen LogP contribution is -1.96. The summed E-state index contributed by atoms with van der Waals surface area (Å²) in [6.45, 7) is 0. The van der Waals surface area contributed by atoms with Crippen molar-refractivity contribution in [3.8, 4) is 0 Å². The predicted octanol–water partition coefficient (Wildman–Crippen LogP) is 4.10. The van der Waals surface area contributed by atoms with Crippen LogP contribution in [-0.2, 0) is 19.9 Å². The minimum absolute atomic E-state index is 0.852. The molecule has 0 N–H and O–H groups in total. The first kappa shape index (κ1) is 10.2. The number of hydrogen-bond acceptors (Lipinski definition) is 0. The lowest BCUT2D eigenvalue weighted by Gasteiger charge is -2.02. The summed E-state index contributed by atoms with van der Waals surface area (Å²) in [7, 11) is 2.18. The fourth-order valence-electron chi connectivity index (χ4n) is 2.91. The molecule has 1 heterocycles. The highest BCUT2D eigenvalue weighted by Crippen LogP contribution is 2.32. The van der Waals surface area contributed by atoms with E-state index in [1.165, 1.54) is 54.3 Å². The predicted molar refractivity (Wildman–Crippen MR) is 69.2 cm³/mol. The van der Waals surface area contributed by atoms with Crippen LogP contribution in [0.25, 0.3) is 10.9 Å². The van der Waals surface area contributed by atoms with Crippen LogP contribution in [0.5, 0.6) is 0 Å². The van der Waals surface area contributed by atoms with E-state index >= 15 is 0 Å². The molecule has 0 bridgehead atoms. The maximum absolute atomic E-state index is 6.10. The van der Waals surface area contributed by atoms with Crippen LogP contribution in [-0.4, -0.2) is 4.57 Å². The van der Waals surface area contributed by atoms with Gasteiger partial charge in [-0.05, 0) is 49.4 Å². The highest BCUT2D eigenvalue weighted by molar-refractivity contribution is 6.31. The number of aryl methyl sites for hydroxylation is 2. The molecular formula is C14H16ClN. The van der Waals surface area contributed by atoms with Gasteiger partial charge in [-0.2, -0.15) is 0 Å². The van der Waals surface area contributed by atoms with Gasteiger partial charge in [-0.25, -0.2) is 0 Å². The molecule has 0 saturated carbocycles. The highest BCUT2D eigenvalue weighted by atomic mass is 35.5. The average Bonchev–Trinajstić information content (AvgIpc) is 2.47. The lowest BCUT2D eigenvalue weighted by atomic mass is 10.1. The third-order valence-corrected chi connectivity index (χ3v) is 3.97. The van der Waals surface area contributed by atoms with E-state index in [0.29, 0.717) is 0 Å². The van der Waals surface area contributed by atoms with Gasteiger partial charge in [0.25, 0.3) is 0 Å². The van der Waals surface area contributed by atoms with Gasteiger partial charge in [-0.1, -0.05) is 18.0 Å². The molecule has 0 radical (unpaired) electrons. The standard InChI is InChI=1S/C14H16ClN/c1-16-13-6-4-2-3-5-11(13)12-9-10(15)7-8-14(12)16/h7-9H,2-6H2,1H3. The minimum atomic E-state index is 0.852. The lowest BCUT2D eigenvalue weighted by molar-refractivity contribution is 0.698. The van der Waals surface area contributed by atoms with Gasteiger partial charge in [-0.3, -0.25) is 0 Å². The summed E-state index contributed by atoms with van der Waals surface area (Å²) in [5, 5.41) is 2.22. The van der Waals surface area contributed by atoms with E-state index in [0.717, 1.165) is 5.02 Å². The summed E-state index contributed by atoms with van der Waals surface area (Å²) in [6.07, 6.45) is 6.44. The van der Waals surface area contributed by atoms with Gasteiger partial charge in [0.2, 0.25) is 0 Å². The zero-order valence-electron chi connectivity index (χ0n) is 9.59. The topological polar surface area (TPSA) is 4.93 Å². The van der Waals surface area contributed by atoms with Crippen LogP contribution in [0.15, 0.2) is 18.2 Å². The normalized spacial score (nSPS) is 16.1. The summed E-state index contributed by atoms with van der Waals surface area (Å²) in [6, 6.07) is 6.26. The Hall–Kier alpha value is -0.950. The number of fused-ring (bicyclic) bond motifs is 3. The van der Waals surface area contributed by atoms with Gasteiger partial charge in [-0.15, -0.1) is 0 Å². The smallest absolute Gasteiger partial charge is 0.0483 e. The second-order valence-corrected chi connectivity index (χ2v) is 5.14. The van der Waals surface area contributed by atoms with Crippen LogP contribution in [0.4, 0.5) is 0 Å². The van der Waals surface area contributed by atoms with Crippen LogP contribution in [0.2, 0.25) is 5.02 Å². The molecule has 0 amide bonds. The third kappa shape index (κ3) is 1.46. The van der Waals surface area contributed by atoms with Crippen LogP contribution in [0.1, 0.15) is 30.5 Å². The first-order valence-corrected chi connectivity index (χ1v) is 6.41. The third-order valence-electron chi connectivity index (χ3n) is 3.74. The molecule has 0 spiro atoms. The van der Waals surface area contributed by atoms with Gasteiger partial charge >= 0.3 is 0 Å². The Kier molecular flexibility index (Phi) is 2.44. The number of halogens is 1. The minimum Gasteiger partial charge on any atom is -0.347 e. The molecule has 0 saturated heterocycles. The molecule has 0 unspecified atom stereocenters. The Balaban J connectivity index is 2.32. The number of benzene rings is 1. The van der Waals surface area contributed by atoms with Gasteiger partial charge in [0.15, 0.2) is 0 Å². The Labute approximate surface area is 101 Å². The fraction of sp³-hybridized carbons (Fsp3) is 0.429. The van der Waals surface area contributed by atoms with Crippen molar-refractivity contribution in [2.75, 3.05) is 0 Å². The van der Waals surface area contributed by atoms with Crippen LogP contribution in [0, 0.1) is 0 Å². The van der Waals surface area contributed by atoms with Crippen molar-refractivity contribution >= 4 is 22.5 Å². The summed E-state index contributed by atoms with van der Waals surface area (Å²) in [5.41, 5.74) is 4.39. The average molecular weight is 234 g/mol. The SMILES string of the molecule is Cn1c2c(c3cc(Cl)ccc31)CCCCC2. The van der Waals surface area contributed by atoms with E-state index in [-0.39, 0.29) is 0 Å². The molecule has 84 valence electrons. The van der Waals surface area contributed by atoms with Crippen molar-refractivity contribution in [3.63, 3.8) is 0 Å². The monoisotopic (exact) mass is 233 g/mol. The van der Waals surface area contributed by atoms with Crippen LogP contribution >= 0.6 is 11.6 Å². The molecule has 1 aromatic heterocycles. The van der Waals surface area contributed by atoms with Gasteiger partial charge in [0.1, 0.15) is 0 Å². The first-order chi connectivity index (χ1) is 7.77. The zero-order chi connectivity index (χ0) is 11.1. The molecular weight excluding hydrogens is 218 g/mol. The molecule has 0 aliphatic heterocycles. The number of hydrogen-bond donors (Lipinski definition) is 0. The van der Waals surface area contributed by atoms with Crippen molar-refractivity contribution in [2.24, 2.45) is 7.05 Å². The second kappa shape index (κ2) is 3.81. The maximum atomic E-state index is 6.10. The Morgan fingerprint density at radius 1 is 1.12 bits per heavy atom. The van der Waals surface area contributed by atoms with E-state index in [1.807, 2.05) is 6.07 Å². The van der Waals surface area contributed by atoms with E-state index < -0.39 is 0 Å². The van der Waals surface area contributed by atoms with E-state index in [9.17, 15) is 0 Å². The number of nitrogens with zero attached hydrogens (tertiary/aromatic N) is 1.